The highest BCUT2D eigenvalue weighted by atomic mass is 16.5. The minimum Gasteiger partial charge on any atom is -0.497 e. The van der Waals surface area contributed by atoms with Crippen LogP contribution in [-0.2, 0) is 4.79 Å². The number of ether oxygens (including phenoxy) is 2. The van der Waals surface area contributed by atoms with Gasteiger partial charge in [-0.15, -0.1) is 0 Å². The zero-order valence-corrected chi connectivity index (χ0v) is 13.5. The second-order valence-electron chi connectivity index (χ2n) is 5.09. The summed E-state index contributed by atoms with van der Waals surface area (Å²) in [7, 11) is 3.22. The molecule has 1 rings (SSSR count). The molecule has 0 spiro atoms. The highest BCUT2D eigenvalue weighted by Gasteiger charge is 2.15. The monoisotopic (exact) mass is 294 g/mol. The molecule has 21 heavy (non-hydrogen) atoms. The van der Waals surface area contributed by atoms with Gasteiger partial charge in [-0.2, -0.15) is 0 Å². The van der Waals surface area contributed by atoms with Gasteiger partial charge in [-0.25, -0.2) is 0 Å². The van der Waals surface area contributed by atoms with Crippen LogP contribution in [0.1, 0.15) is 38.8 Å². The largest absolute Gasteiger partial charge is 0.497 e. The maximum absolute atomic E-state index is 11.9. The van der Waals surface area contributed by atoms with E-state index in [9.17, 15) is 4.79 Å². The third-order valence-electron chi connectivity index (χ3n) is 3.51. The summed E-state index contributed by atoms with van der Waals surface area (Å²) in [6.45, 7) is 6.40. The van der Waals surface area contributed by atoms with Crippen LogP contribution < -0.4 is 20.1 Å². The van der Waals surface area contributed by atoms with Crippen molar-refractivity contribution in [2.24, 2.45) is 0 Å². The van der Waals surface area contributed by atoms with Crippen LogP contribution in [0, 0.1) is 0 Å². The van der Waals surface area contributed by atoms with E-state index in [-0.39, 0.29) is 11.9 Å². The van der Waals surface area contributed by atoms with Crippen LogP contribution in [0.5, 0.6) is 11.5 Å². The average Bonchev–Trinajstić information content (AvgIpc) is 2.51. The Morgan fingerprint density at radius 3 is 2.52 bits per heavy atom. The number of nitrogens with one attached hydrogen (secondary N) is 2. The van der Waals surface area contributed by atoms with Crippen LogP contribution in [0.25, 0.3) is 0 Å². The number of amides is 1. The quantitative estimate of drug-likeness (QED) is 0.772. The third kappa shape index (κ3) is 5.27. The van der Waals surface area contributed by atoms with Crippen molar-refractivity contribution in [2.75, 3.05) is 20.8 Å². The van der Waals surface area contributed by atoms with Gasteiger partial charge in [-0.1, -0.05) is 6.92 Å². The van der Waals surface area contributed by atoms with Gasteiger partial charge in [0.1, 0.15) is 11.5 Å². The fraction of sp³-hybridized carbons (Fsp3) is 0.562. The van der Waals surface area contributed by atoms with Crippen LogP contribution in [0.4, 0.5) is 0 Å². The van der Waals surface area contributed by atoms with Gasteiger partial charge in [0.2, 0.25) is 5.91 Å². The molecule has 0 fully saturated rings. The summed E-state index contributed by atoms with van der Waals surface area (Å²) in [5.41, 5.74) is 0.926. The molecule has 0 heterocycles. The molecule has 1 amide bonds. The number of methoxy groups -OCH3 is 2. The van der Waals surface area contributed by atoms with Crippen molar-refractivity contribution in [1.29, 1.82) is 0 Å². The van der Waals surface area contributed by atoms with Gasteiger partial charge in [-0.3, -0.25) is 4.79 Å². The number of carbonyl (C=O) groups is 1. The van der Waals surface area contributed by atoms with E-state index in [1.165, 1.54) is 0 Å². The first kappa shape index (κ1) is 17.3. The third-order valence-corrected chi connectivity index (χ3v) is 3.51. The number of hydrogen-bond acceptors (Lipinski definition) is 4. The molecule has 0 aliphatic rings. The molecule has 2 N–H and O–H groups in total. The summed E-state index contributed by atoms with van der Waals surface area (Å²) in [6.07, 6.45) is 0.995. The van der Waals surface area contributed by atoms with Crippen molar-refractivity contribution in [2.45, 2.75) is 39.3 Å². The lowest BCUT2D eigenvalue weighted by Crippen LogP contribution is -2.38. The normalized spacial score (nSPS) is 13.4. The molecule has 118 valence electrons. The Balaban J connectivity index is 2.66. The fourth-order valence-corrected chi connectivity index (χ4v) is 1.96. The summed E-state index contributed by atoms with van der Waals surface area (Å²) >= 11 is 0. The van der Waals surface area contributed by atoms with Crippen LogP contribution in [0.15, 0.2) is 18.2 Å². The van der Waals surface area contributed by atoms with Gasteiger partial charge >= 0.3 is 0 Å². The Bertz CT molecular complexity index is 463. The maximum Gasteiger partial charge on any atom is 0.234 e. The molecule has 0 bridgehead atoms. The summed E-state index contributed by atoms with van der Waals surface area (Å²) < 4.78 is 10.5. The SMILES string of the molecule is CCC(C)NCC(=O)NC(C)c1ccc(OC)cc1OC. The predicted molar refractivity (Wildman–Crippen MR) is 83.9 cm³/mol. The Labute approximate surface area is 127 Å². The average molecular weight is 294 g/mol. The van der Waals surface area contributed by atoms with Crippen LogP contribution in [-0.4, -0.2) is 32.7 Å². The second kappa shape index (κ2) is 8.52. The van der Waals surface area contributed by atoms with E-state index in [0.29, 0.717) is 18.3 Å². The molecule has 0 saturated heterocycles. The Hall–Kier alpha value is -1.75. The maximum atomic E-state index is 11.9. The Morgan fingerprint density at radius 1 is 1.24 bits per heavy atom. The van der Waals surface area contributed by atoms with Crippen LogP contribution in [0.3, 0.4) is 0 Å². The van der Waals surface area contributed by atoms with Gasteiger partial charge in [0, 0.05) is 17.7 Å². The smallest absolute Gasteiger partial charge is 0.234 e. The van der Waals surface area contributed by atoms with E-state index >= 15 is 0 Å². The zero-order valence-electron chi connectivity index (χ0n) is 13.5. The standard InChI is InChI=1S/C16H26N2O3/c1-6-11(2)17-10-16(19)18-12(3)14-8-7-13(20-4)9-15(14)21-5/h7-9,11-12,17H,6,10H2,1-5H3,(H,18,19). The molecule has 2 unspecified atom stereocenters. The fourth-order valence-electron chi connectivity index (χ4n) is 1.96. The topological polar surface area (TPSA) is 59.6 Å². The van der Waals surface area contributed by atoms with E-state index in [0.717, 1.165) is 17.7 Å². The molecular formula is C16H26N2O3. The van der Waals surface area contributed by atoms with E-state index in [2.05, 4.69) is 24.5 Å². The van der Waals surface area contributed by atoms with Crippen molar-refractivity contribution in [1.82, 2.24) is 10.6 Å². The molecule has 1 aromatic rings. The van der Waals surface area contributed by atoms with Crippen LogP contribution in [0.2, 0.25) is 0 Å². The van der Waals surface area contributed by atoms with Crippen molar-refractivity contribution >= 4 is 5.91 Å². The molecule has 0 radical (unpaired) electrons. The lowest BCUT2D eigenvalue weighted by atomic mass is 10.1. The minimum atomic E-state index is -0.128. The molecule has 5 nitrogen and oxygen atoms in total. The highest BCUT2D eigenvalue weighted by molar-refractivity contribution is 5.78. The van der Waals surface area contributed by atoms with Crippen molar-refractivity contribution in [3.05, 3.63) is 23.8 Å². The second-order valence-corrected chi connectivity index (χ2v) is 5.09. The lowest BCUT2D eigenvalue weighted by Gasteiger charge is -2.19. The number of hydrogen-bond donors (Lipinski definition) is 2. The lowest BCUT2D eigenvalue weighted by molar-refractivity contribution is -0.121. The Kier molecular flexibility index (Phi) is 7.02. The first-order valence-electron chi connectivity index (χ1n) is 7.26. The van der Waals surface area contributed by atoms with Gasteiger partial charge in [0.05, 0.1) is 26.8 Å². The van der Waals surface area contributed by atoms with E-state index in [1.807, 2.05) is 25.1 Å². The van der Waals surface area contributed by atoms with Crippen molar-refractivity contribution in [3.63, 3.8) is 0 Å². The van der Waals surface area contributed by atoms with Gasteiger partial charge < -0.3 is 20.1 Å². The van der Waals surface area contributed by atoms with Crippen LogP contribution >= 0.6 is 0 Å². The first-order chi connectivity index (χ1) is 10.0. The zero-order chi connectivity index (χ0) is 15.8. The highest BCUT2D eigenvalue weighted by Crippen LogP contribution is 2.29. The molecule has 0 aromatic heterocycles. The molecular weight excluding hydrogens is 268 g/mol. The molecule has 0 aliphatic carbocycles. The van der Waals surface area contributed by atoms with Crippen molar-refractivity contribution in [3.8, 4) is 11.5 Å². The van der Waals surface area contributed by atoms with E-state index < -0.39 is 0 Å². The summed E-state index contributed by atoms with van der Waals surface area (Å²) in [4.78, 5) is 11.9. The molecule has 0 saturated carbocycles. The number of benzene rings is 1. The number of rotatable bonds is 8. The first-order valence-corrected chi connectivity index (χ1v) is 7.26. The predicted octanol–water partition coefficient (Wildman–Crippen LogP) is 2.27. The van der Waals surface area contributed by atoms with E-state index in [1.54, 1.807) is 14.2 Å². The summed E-state index contributed by atoms with van der Waals surface area (Å²) in [5.74, 6) is 1.41. The summed E-state index contributed by atoms with van der Waals surface area (Å²) in [5, 5.41) is 6.14. The minimum absolute atomic E-state index is 0.0272. The van der Waals surface area contributed by atoms with Gasteiger partial charge in [0.15, 0.2) is 0 Å². The molecule has 0 aliphatic heterocycles. The van der Waals surface area contributed by atoms with Gasteiger partial charge in [0.25, 0.3) is 0 Å². The molecule has 5 heteroatoms. The van der Waals surface area contributed by atoms with E-state index in [4.69, 9.17) is 9.47 Å². The van der Waals surface area contributed by atoms with Gasteiger partial charge in [-0.05, 0) is 32.4 Å². The van der Waals surface area contributed by atoms with Crippen molar-refractivity contribution < 1.29 is 14.3 Å². The number of carbonyl (C=O) groups excluding carboxylic acids is 1. The molecule has 1 aromatic carbocycles. The molecule has 2 atom stereocenters. The Morgan fingerprint density at radius 2 is 1.95 bits per heavy atom. The summed E-state index contributed by atoms with van der Waals surface area (Å²) in [6, 6.07) is 5.79.